The van der Waals surface area contributed by atoms with E-state index in [0.717, 1.165) is 12.8 Å². The Hall–Kier alpha value is -1.86. The van der Waals surface area contributed by atoms with E-state index >= 15 is 0 Å². The second-order valence-corrected chi connectivity index (χ2v) is 4.27. The first kappa shape index (κ1) is 15.2. The third-order valence-electron chi connectivity index (χ3n) is 3.16. The molecule has 1 heterocycles. The van der Waals surface area contributed by atoms with E-state index in [1.165, 1.54) is 0 Å². The zero-order valence-corrected chi connectivity index (χ0v) is 11.7. The third kappa shape index (κ3) is 3.80. The van der Waals surface area contributed by atoms with Gasteiger partial charge in [-0.05, 0) is 18.9 Å². The van der Waals surface area contributed by atoms with Crippen molar-refractivity contribution in [2.75, 3.05) is 13.7 Å². The number of aliphatic hydroxyl groups is 1. The van der Waals surface area contributed by atoms with Crippen molar-refractivity contribution < 1.29 is 9.90 Å². The van der Waals surface area contributed by atoms with Crippen LogP contribution >= 0.6 is 0 Å². The smallest absolute Gasteiger partial charge is 0.255 e. The number of carbonyl (C=O) groups excluding carboxylic acids is 1. The van der Waals surface area contributed by atoms with E-state index in [0.29, 0.717) is 11.1 Å². The van der Waals surface area contributed by atoms with Crippen molar-refractivity contribution >= 4 is 5.91 Å². The van der Waals surface area contributed by atoms with Gasteiger partial charge in [0.25, 0.3) is 5.91 Å². The summed E-state index contributed by atoms with van der Waals surface area (Å²) in [6.07, 6.45) is 4.97. The molecule has 0 aliphatic heterocycles. The van der Waals surface area contributed by atoms with Crippen LogP contribution < -0.4 is 0 Å². The van der Waals surface area contributed by atoms with Crippen LogP contribution in [0.2, 0.25) is 0 Å². The molecule has 0 radical (unpaired) electrons. The van der Waals surface area contributed by atoms with E-state index in [-0.39, 0.29) is 18.6 Å². The molecule has 1 N–H and O–H groups in total. The quantitative estimate of drug-likeness (QED) is 0.838. The Morgan fingerprint density at radius 1 is 1.47 bits per heavy atom. The number of rotatable bonds is 4. The van der Waals surface area contributed by atoms with Crippen molar-refractivity contribution in [3.8, 4) is 11.8 Å². The number of aliphatic hydroxyl groups excluding tert-OH is 1. The normalized spacial score (nSPS) is 9.95. The van der Waals surface area contributed by atoms with E-state index in [4.69, 9.17) is 5.11 Å². The Morgan fingerprint density at radius 3 is 2.74 bits per heavy atom. The lowest BCUT2D eigenvalue weighted by atomic mass is 10.1. The van der Waals surface area contributed by atoms with Gasteiger partial charge in [-0.15, -0.1) is 0 Å². The van der Waals surface area contributed by atoms with Crippen LogP contribution in [0.3, 0.4) is 0 Å². The molecule has 0 aliphatic rings. The monoisotopic (exact) mass is 260 g/mol. The lowest BCUT2D eigenvalue weighted by molar-refractivity contribution is 0.0723. The minimum atomic E-state index is -0.231. The van der Waals surface area contributed by atoms with Crippen molar-refractivity contribution in [1.82, 2.24) is 9.88 Å². The Balaban J connectivity index is 3.05. The first-order chi connectivity index (χ1) is 9.15. The zero-order chi connectivity index (χ0) is 14.3. The SMILES string of the molecule is CCC(CC)N(C)C(=O)c1ccncc1C#CCO. The molecule has 1 rings (SSSR count). The summed E-state index contributed by atoms with van der Waals surface area (Å²) in [4.78, 5) is 18.2. The number of hydrogen-bond donors (Lipinski definition) is 1. The van der Waals surface area contributed by atoms with Crippen LogP contribution in [-0.2, 0) is 0 Å². The predicted octanol–water partition coefficient (Wildman–Crippen LogP) is 1.69. The molecular formula is C15H20N2O2. The molecule has 0 saturated heterocycles. The van der Waals surface area contributed by atoms with Gasteiger partial charge in [0.2, 0.25) is 0 Å². The van der Waals surface area contributed by atoms with E-state index in [1.54, 1.807) is 23.4 Å². The average molecular weight is 260 g/mol. The summed E-state index contributed by atoms with van der Waals surface area (Å²) in [6.45, 7) is 3.90. The van der Waals surface area contributed by atoms with Gasteiger partial charge in [-0.1, -0.05) is 25.7 Å². The van der Waals surface area contributed by atoms with Crippen LogP contribution in [0.4, 0.5) is 0 Å². The highest BCUT2D eigenvalue weighted by molar-refractivity contribution is 5.96. The zero-order valence-electron chi connectivity index (χ0n) is 11.7. The summed E-state index contributed by atoms with van der Waals surface area (Å²) in [5, 5.41) is 8.74. The van der Waals surface area contributed by atoms with E-state index in [1.807, 2.05) is 7.05 Å². The molecule has 0 unspecified atom stereocenters. The Morgan fingerprint density at radius 2 is 2.16 bits per heavy atom. The highest BCUT2D eigenvalue weighted by atomic mass is 16.2. The Labute approximate surface area is 114 Å². The third-order valence-corrected chi connectivity index (χ3v) is 3.16. The second kappa shape index (κ2) is 7.55. The van der Waals surface area contributed by atoms with Gasteiger partial charge in [-0.3, -0.25) is 9.78 Å². The minimum absolute atomic E-state index is 0.0571. The molecule has 0 aliphatic carbocycles. The molecule has 102 valence electrons. The van der Waals surface area contributed by atoms with Gasteiger partial charge in [0.15, 0.2) is 0 Å². The van der Waals surface area contributed by atoms with Gasteiger partial charge in [0, 0.05) is 25.5 Å². The molecule has 0 atom stereocenters. The van der Waals surface area contributed by atoms with Gasteiger partial charge < -0.3 is 10.0 Å². The van der Waals surface area contributed by atoms with Gasteiger partial charge in [-0.25, -0.2) is 0 Å². The number of carbonyl (C=O) groups is 1. The van der Waals surface area contributed by atoms with Gasteiger partial charge in [0.1, 0.15) is 6.61 Å². The predicted molar refractivity (Wildman–Crippen MR) is 74.7 cm³/mol. The molecule has 0 fully saturated rings. The average Bonchev–Trinajstić information content (AvgIpc) is 2.45. The van der Waals surface area contributed by atoms with Crippen LogP contribution in [-0.4, -0.2) is 40.6 Å². The van der Waals surface area contributed by atoms with Crippen LogP contribution in [0.1, 0.15) is 42.6 Å². The summed E-state index contributed by atoms with van der Waals surface area (Å²) in [5.41, 5.74) is 1.09. The van der Waals surface area contributed by atoms with Crippen LogP contribution in [0.15, 0.2) is 18.5 Å². The summed E-state index contributed by atoms with van der Waals surface area (Å²) in [5.74, 6) is 5.26. The highest BCUT2D eigenvalue weighted by Crippen LogP contribution is 2.13. The van der Waals surface area contributed by atoms with Gasteiger partial charge in [-0.2, -0.15) is 0 Å². The Kier molecular flexibility index (Phi) is 6.04. The minimum Gasteiger partial charge on any atom is -0.384 e. The summed E-state index contributed by atoms with van der Waals surface area (Å²) in [7, 11) is 1.81. The molecule has 0 saturated carbocycles. The number of amides is 1. The van der Waals surface area contributed by atoms with E-state index in [9.17, 15) is 4.79 Å². The number of aromatic nitrogens is 1. The summed E-state index contributed by atoms with van der Waals surface area (Å²) in [6, 6.07) is 1.89. The summed E-state index contributed by atoms with van der Waals surface area (Å²) < 4.78 is 0. The van der Waals surface area contributed by atoms with Crippen LogP contribution in [0.25, 0.3) is 0 Å². The van der Waals surface area contributed by atoms with Crippen molar-refractivity contribution in [2.45, 2.75) is 32.7 Å². The van der Waals surface area contributed by atoms with Crippen molar-refractivity contribution in [3.63, 3.8) is 0 Å². The number of nitrogens with zero attached hydrogens (tertiary/aromatic N) is 2. The molecule has 19 heavy (non-hydrogen) atoms. The maximum Gasteiger partial charge on any atom is 0.255 e. The Bertz CT molecular complexity index is 484. The van der Waals surface area contributed by atoms with Crippen LogP contribution in [0.5, 0.6) is 0 Å². The van der Waals surface area contributed by atoms with E-state index < -0.39 is 0 Å². The molecule has 1 amide bonds. The molecule has 0 spiro atoms. The van der Waals surface area contributed by atoms with Crippen molar-refractivity contribution in [2.24, 2.45) is 0 Å². The molecule has 4 heteroatoms. The van der Waals surface area contributed by atoms with Gasteiger partial charge in [0.05, 0.1) is 11.1 Å². The highest BCUT2D eigenvalue weighted by Gasteiger charge is 2.20. The van der Waals surface area contributed by atoms with Gasteiger partial charge >= 0.3 is 0 Å². The van der Waals surface area contributed by atoms with Crippen molar-refractivity contribution in [3.05, 3.63) is 29.6 Å². The molecule has 0 aromatic carbocycles. The maximum absolute atomic E-state index is 12.5. The fraction of sp³-hybridized carbons (Fsp3) is 0.467. The molecular weight excluding hydrogens is 240 g/mol. The molecule has 1 aromatic heterocycles. The van der Waals surface area contributed by atoms with Crippen molar-refractivity contribution in [1.29, 1.82) is 0 Å². The summed E-state index contributed by atoms with van der Waals surface area (Å²) >= 11 is 0. The number of pyridine rings is 1. The van der Waals surface area contributed by atoms with E-state index in [2.05, 4.69) is 30.7 Å². The number of hydrogen-bond acceptors (Lipinski definition) is 3. The fourth-order valence-corrected chi connectivity index (χ4v) is 2.01. The lowest BCUT2D eigenvalue weighted by Crippen LogP contribution is -2.36. The maximum atomic E-state index is 12.5. The standard InChI is InChI=1S/C15H20N2O2/c1-4-13(5-2)17(3)15(19)14-8-9-16-11-12(14)7-6-10-18/h8-9,11,13,18H,4-5,10H2,1-3H3. The van der Waals surface area contributed by atoms with Crippen LogP contribution in [0, 0.1) is 11.8 Å². The second-order valence-electron chi connectivity index (χ2n) is 4.27. The largest absolute Gasteiger partial charge is 0.384 e. The lowest BCUT2D eigenvalue weighted by Gasteiger charge is -2.26. The first-order valence-corrected chi connectivity index (χ1v) is 6.46. The topological polar surface area (TPSA) is 53.4 Å². The molecule has 0 bridgehead atoms. The fourth-order valence-electron chi connectivity index (χ4n) is 2.01. The molecule has 4 nitrogen and oxygen atoms in total. The first-order valence-electron chi connectivity index (χ1n) is 6.46. The molecule has 1 aromatic rings.